The van der Waals surface area contributed by atoms with Gasteiger partial charge in [-0.25, -0.2) is 8.42 Å². The molecule has 0 aliphatic carbocycles. The van der Waals surface area contributed by atoms with Crippen LogP contribution >= 0.6 is 12.2 Å². The van der Waals surface area contributed by atoms with Gasteiger partial charge in [0.05, 0.1) is 5.69 Å². The van der Waals surface area contributed by atoms with Gasteiger partial charge < -0.3 is 5.73 Å². The average molecular weight is 327 g/mol. The van der Waals surface area contributed by atoms with E-state index in [-0.39, 0.29) is 15.9 Å². The number of hydrogen-bond acceptors (Lipinski definition) is 4. The Morgan fingerprint density at radius 2 is 2.24 bits per heavy atom. The zero-order valence-corrected chi connectivity index (χ0v) is 13.8. The van der Waals surface area contributed by atoms with E-state index in [0.717, 1.165) is 32.1 Å². The summed E-state index contributed by atoms with van der Waals surface area (Å²) in [4.78, 5) is 4.42. The van der Waals surface area contributed by atoms with Gasteiger partial charge in [0.2, 0.25) is 10.0 Å². The number of pyridine rings is 1. The number of nitrogens with zero attached hydrogens (tertiary/aromatic N) is 2. The van der Waals surface area contributed by atoms with E-state index < -0.39 is 10.0 Å². The molecular formula is C14H21N3O2S2. The Morgan fingerprint density at radius 3 is 2.81 bits per heavy atom. The van der Waals surface area contributed by atoms with Crippen LogP contribution in [-0.4, -0.2) is 35.3 Å². The number of sulfonamides is 1. The minimum absolute atomic E-state index is 0.101. The van der Waals surface area contributed by atoms with Gasteiger partial charge in [-0.3, -0.25) is 4.98 Å². The number of thiocarbonyl (C=S) groups is 1. The number of rotatable bonds is 5. The van der Waals surface area contributed by atoms with Gasteiger partial charge in [0.15, 0.2) is 0 Å². The minimum atomic E-state index is -3.49. The van der Waals surface area contributed by atoms with Gasteiger partial charge in [-0.2, -0.15) is 4.31 Å². The molecule has 0 radical (unpaired) electrons. The number of aromatic nitrogens is 1. The molecule has 1 unspecified atom stereocenters. The van der Waals surface area contributed by atoms with Crippen LogP contribution in [0.2, 0.25) is 0 Å². The van der Waals surface area contributed by atoms with E-state index in [0.29, 0.717) is 12.2 Å². The fraction of sp³-hybridized carbons (Fsp3) is 0.571. The molecule has 0 bridgehead atoms. The molecule has 116 valence electrons. The summed E-state index contributed by atoms with van der Waals surface area (Å²) in [6, 6.07) is 3.20. The number of piperidine rings is 1. The Kier molecular flexibility index (Phi) is 5.29. The summed E-state index contributed by atoms with van der Waals surface area (Å²) in [5.41, 5.74) is 5.92. The standard InChI is InChI=1S/C14H21N3O2S2/c1-2-5-11-6-3-4-9-17(11)21(18,19)12-7-8-13(14(15)20)16-10-12/h7-8,10-11H,2-6,9H2,1H3,(H2,15,20). The summed E-state index contributed by atoms with van der Waals surface area (Å²) in [7, 11) is -3.49. The summed E-state index contributed by atoms with van der Waals surface area (Å²) < 4.78 is 27.2. The first-order chi connectivity index (χ1) is 9.96. The lowest BCUT2D eigenvalue weighted by molar-refractivity contribution is 0.239. The zero-order chi connectivity index (χ0) is 15.5. The second-order valence-electron chi connectivity index (χ2n) is 5.30. The molecule has 1 fully saturated rings. The summed E-state index contributed by atoms with van der Waals surface area (Å²) in [6.07, 6.45) is 6.17. The Morgan fingerprint density at radius 1 is 1.48 bits per heavy atom. The van der Waals surface area contributed by atoms with E-state index in [2.05, 4.69) is 11.9 Å². The molecule has 0 saturated carbocycles. The topological polar surface area (TPSA) is 76.3 Å². The van der Waals surface area contributed by atoms with Crippen molar-refractivity contribution >= 4 is 27.2 Å². The number of nitrogens with two attached hydrogens (primary N) is 1. The quantitative estimate of drug-likeness (QED) is 0.838. The molecule has 21 heavy (non-hydrogen) atoms. The first kappa shape index (κ1) is 16.3. The van der Waals surface area contributed by atoms with Crippen LogP contribution in [0.5, 0.6) is 0 Å². The molecule has 1 aromatic rings. The van der Waals surface area contributed by atoms with Crippen LogP contribution in [0.3, 0.4) is 0 Å². The van der Waals surface area contributed by atoms with Crippen molar-refractivity contribution in [1.82, 2.24) is 9.29 Å². The summed E-state index contributed by atoms with van der Waals surface area (Å²) >= 11 is 4.83. The van der Waals surface area contributed by atoms with Crippen LogP contribution in [0.1, 0.15) is 44.7 Å². The smallest absolute Gasteiger partial charge is 0.244 e. The normalized spacial score (nSPS) is 20.3. The average Bonchev–Trinajstić information content (AvgIpc) is 2.48. The van der Waals surface area contributed by atoms with Crippen molar-refractivity contribution in [1.29, 1.82) is 0 Å². The molecular weight excluding hydrogens is 306 g/mol. The fourth-order valence-corrected chi connectivity index (χ4v) is 4.52. The second-order valence-corrected chi connectivity index (χ2v) is 7.63. The van der Waals surface area contributed by atoms with E-state index >= 15 is 0 Å². The van der Waals surface area contributed by atoms with Crippen molar-refractivity contribution in [2.45, 2.75) is 50.0 Å². The van der Waals surface area contributed by atoms with Crippen LogP contribution in [-0.2, 0) is 10.0 Å². The zero-order valence-electron chi connectivity index (χ0n) is 12.2. The van der Waals surface area contributed by atoms with Crippen molar-refractivity contribution in [2.75, 3.05) is 6.54 Å². The molecule has 0 spiro atoms. The largest absolute Gasteiger partial charge is 0.388 e. The highest BCUT2D eigenvalue weighted by Gasteiger charge is 2.33. The lowest BCUT2D eigenvalue weighted by atomic mass is 10.0. The highest BCUT2D eigenvalue weighted by Crippen LogP contribution is 2.27. The molecule has 1 aliphatic heterocycles. The maximum atomic E-state index is 12.8. The van der Waals surface area contributed by atoms with Crippen LogP contribution in [0.25, 0.3) is 0 Å². The van der Waals surface area contributed by atoms with Gasteiger partial charge in [-0.15, -0.1) is 0 Å². The van der Waals surface area contributed by atoms with Crippen LogP contribution < -0.4 is 5.73 Å². The molecule has 0 aromatic carbocycles. The maximum absolute atomic E-state index is 12.8. The Labute approximate surface area is 131 Å². The van der Waals surface area contributed by atoms with Crippen LogP contribution in [0.15, 0.2) is 23.2 Å². The van der Waals surface area contributed by atoms with E-state index in [9.17, 15) is 8.42 Å². The SMILES string of the molecule is CCCC1CCCCN1S(=O)(=O)c1ccc(C(N)=S)nc1. The molecule has 1 aliphatic rings. The van der Waals surface area contributed by atoms with E-state index in [1.54, 1.807) is 10.4 Å². The monoisotopic (exact) mass is 327 g/mol. The molecule has 7 heteroatoms. The van der Waals surface area contributed by atoms with E-state index in [1.807, 2.05) is 0 Å². The van der Waals surface area contributed by atoms with Crippen LogP contribution in [0.4, 0.5) is 0 Å². The Bertz CT molecular complexity index is 597. The van der Waals surface area contributed by atoms with Gasteiger partial charge in [-0.05, 0) is 31.4 Å². The van der Waals surface area contributed by atoms with E-state index in [1.165, 1.54) is 12.3 Å². The third-order valence-electron chi connectivity index (χ3n) is 3.79. The van der Waals surface area contributed by atoms with E-state index in [4.69, 9.17) is 18.0 Å². The predicted molar refractivity (Wildman–Crippen MR) is 86.6 cm³/mol. The first-order valence-corrected chi connectivity index (χ1v) is 9.09. The molecule has 1 saturated heterocycles. The summed E-state index contributed by atoms with van der Waals surface area (Å²) in [5, 5.41) is 0. The molecule has 2 N–H and O–H groups in total. The lowest BCUT2D eigenvalue weighted by Crippen LogP contribution is -2.43. The van der Waals surface area contributed by atoms with Crippen molar-refractivity contribution in [2.24, 2.45) is 5.73 Å². The molecule has 2 heterocycles. The number of hydrogen-bond donors (Lipinski definition) is 1. The van der Waals surface area contributed by atoms with Gasteiger partial charge in [-0.1, -0.05) is 32.0 Å². The molecule has 2 rings (SSSR count). The molecule has 5 nitrogen and oxygen atoms in total. The maximum Gasteiger partial charge on any atom is 0.244 e. The highest BCUT2D eigenvalue weighted by molar-refractivity contribution is 7.89. The van der Waals surface area contributed by atoms with Crippen molar-refractivity contribution < 1.29 is 8.42 Å². The highest BCUT2D eigenvalue weighted by atomic mass is 32.2. The van der Waals surface area contributed by atoms with Crippen LogP contribution in [0, 0.1) is 0 Å². The lowest BCUT2D eigenvalue weighted by Gasteiger charge is -2.34. The Hall–Kier alpha value is -1.05. The van der Waals surface area contributed by atoms with Crippen molar-refractivity contribution in [3.63, 3.8) is 0 Å². The Balaban J connectivity index is 2.28. The predicted octanol–water partition coefficient (Wildman–Crippen LogP) is 2.06. The molecule has 1 atom stereocenters. The van der Waals surface area contributed by atoms with Gasteiger partial charge >= 0.3 is 0 Å². The second kappa shape index (κ2) is 6.81. The van der Waals surface area contributed by atoms with Gasteiger partial charge in [0, 0.05) is 18.8 Å². The first-order valence-electron chi connectivity index (χ1n) is 7.24. The summed E-state index contributed by atoms with van der Waals surface area (Å²) in [6.45, 7) is 2.67. The minimum Gasteiger partial charge on any atom is -0.388 e. The third kappa shape index (κ3) is 3.59. The van der Waals surface area contributed by atoms with Crippen molar-refractivity contribution in [3.8, 4) is 0 Å². The van der Waals surface area contributed by atoms with Gasteiger partial charge in [0.25, 0.3) is 0 Å². The fourth-order valence-electron chi connectivity index (χ4n) is 2.73. The van der Waals surface area contributed by atoms with Crippen molar-refractivity contribution in [3.05, 3.63) is 24.0 Å². The molecule has 1 aromatic heterocycles. The van der Waals surface area contributed by atoms with Gasteiger partial charge in [0.1, 0.15) is 9.88 Å². The molecule has 0 amide bonds. The third-order valence-corrected chi connectivity index (χ3v) is 5.93. The summed E-state index contributed by atoms with van der Waals surface area (Å²) in [5.74, 6) is 0.